The first-order chi connectivity index (χ1) is 7.66. The molecule has 1 saturated carbocycles. The summed E-state index contributed by atoms with van der Waals surface area (Å²) in [5.41, 5.74) is 7.65. The fraction of sp³-hybridized carbons (Fsp3) is 0.615. The molecule has 2 unspecified atom stereocenters. The Morgan fingerprint density at radius 2 is 2.19 bits per heavy atom. The molecule has 1 aliphatic rings. The Morgan fingerprint density at radius 1 is 1.38 bits per heavy atom. The third-order valence-electron chi connectivity index (χ3n) is 3.61. The lowest BCUT2D eigenvalue weighted by molar-refractivity contribution is 0.336. The van der Waals surface area contributed by atoms with Gasteiger partial charge in [-0.25, -0.2) is 0 Å². The number of hydrogen-bond donors (Lipinski definition) is 1. The van der Waals surface area contributed by atoms with Gasteiger partial charge >= 0.3 is 0 Å². The first kappa shape index (κ1) is 11.2. The lowest BCUT2D eigenvalue weighted by Crippen LogP contribution is -2.35. The fourth-order valence-electron chi connectivity index (χ4n) is 2.60. The van der Waals surface area contributed by atoms with Crippen molar-refractivity contribution in [3.05, 3.63) is 18.5 Å². The normalized spacial score (nSPS) is 25.4. The molecular formula is C13H21N3. The summed E-state index contributed by atoms with van der Waals surface area (Å²) in [6.45, 7) is 2.34. The summed E-state index contributed by atoms with van der Waals surface area (Å²) >= 11 is 0. The molecule has 0 aromatic carbocycles. The van der Waals surface area contributed by atoms with Crippen LogP contribution in [0.5, 0.6) is 0 Å². The zero-order chi connectivity index (χ0) is 11.5. The zero-order valence-corrected chi connectivity index (χ0v) is 10.2. The zero-order valence-electron chi connectivity index (χ0n) is 10.2. The molecule has 1 fully saturated rings. The topological polar surface area (TPSA) is 42.2 Å². The second kappa shape index (κ2) is 4.73. The predicted molar refractivity (Wildman–Crippen MR) is 68.5 cm³/mol. The van der Waals surface area contributed by atoms with Crippen molar-refractivity contribution in [2.75, 3.05) is 17.7 Å². The number of pyridine rings is 1. The van der Waals surface area contributed by atoms with Crippen LogP contribution in [0.1, 0.15) is 32.6 Å². The molecule has 0 aliphatic heterocycles. The van der Waals surface area contributed by atoms with Crippen LogP contribution in [0.3, 0.4) is 0 Å². The smallest absolute Gasteiger partial charge is 0.0573 e. The molecule has 2 N–H and O–H groups in total. The minimum absolute atomic E-state index is 0.646. The molecule has 1 aromatic heterocycles. The Balaban J connectivity index is 2.09. The van der Waals surface area contributed by atoms with Gasteiger partial charge in [0.1, 0.15) is 0 Å². The third-order valence-corrected chi connectivity index (χ3v) is 3.61. The van der Waals surface area contributed by atoms with E-state index in [0.29, 0.717) is 6.04 Å². The Morgan fingerprint density at radius 3 is 2.88 bits per heavy atom. The third kappa shape index (κ3) is 2.46. The maximum atomic E-state index is 5.76. The van der Waals surface area contributed by atoms with Crippen molar-refractivity contribution in [2.45, 2.75) is 38.6 Å². The van der Waals surface area contributed by atoms with Gasteiger partial charge in [-0.3, -0.25) is 4.98 Å². The van der Waals surface area contributed by atoms with Crippen molar-refractivity contribution in [1.82, 2.24) is 4.98 Å². The Bertz CT molecular complexity index is 351. The van der Waals surface area contributed by atoms with Gasteiger partial charge in [0.25, 0.3) is 0 Å². The highest BCUT2D eigenvalue weighted by Gasteiger charge is 2.22. The van der Waals surface area contributed by atoms with Gasteiger partial charge in [-0.2, -0.15) is 0 Å². The lowest BCUT2D eigenvalue weighted by Gasteiger charge is -2.35. The van der Waals surface area contributed by atoms with Gasteiger partial charge in [-0.15, -0.1) is 0 Å². The maximum absolute atomic E-state index is 5.76. The minimum Gasteiger partial charge on any atom is -0.397 e. The monoisotopic (exact) mass is 219 g/mol. The highest BCUT2D eigenvalue weighted by molar-refractivity contribution is 5.53. The van der Waals surface area contributed by atoms with Crippen molar-refractivity contribution < 1.29 is 0 Å². The second-order valence-electron chi connectivity index (χ2n) is 5.01. The van der Waals surface area contributed by atoms with E-state index in [4.69, 9.17) is 5.73 Å². The van der Waals surface area contributed by atoms with Gasteiger partial charge in [0, 0.05) is 19.3 Å². The van der Waals surface area contributed by atoms with E-state index in [2.05, 4.69) is 23.9 Å². The lowest BCUT2D eigenvalue weighted by atomic mass is 9.86. The average molecular weight is 219 g/mol. The summed E-state index contributed by atoms with van der Waals surface area (Å²) in [6.07, 6.45) is 8.88. The fourth-order valence-corrected chi connectivity index (χ4v) is 2.60. The van der Waals surface area contributed by atoms with Crippen molar-refractivity contribution in [3.8, 4) is 0 Å². The number of anilines is 2. The van der Waals surface area contributed by atoms with Crippen LogP contribution in [-0.2, 0) is 0 Å². The maximum Gasteiger partial charge on any atom is 0.0573 e. The van der Waals surface area contributed by atoms with Gasteiger partial charge in [0.2, 0.25) is 0 Å². The Hall–Kier alpha value is -1.25. The van der Waals surface area contributed by atoms with Gasteiger partial charge in [-0.1, -0.05) is 19.8 Å². The highest BCUT2D eigenvalue weighted by atomic mass is 15.1. The Kier molecular flexibility index (Phi) is 3.32. The van der Waals surface area contributed by atoms with Crippen LogP contribution in [0.25, 0.3) is 0 Å². The van der Waals surface area contributed by atoms with Gasteiger partial charge in [-0.05, 0) is 24.8 Å². The predicted octanol–water partition coefficient (Wildman–Crippen LogP) is 2.68. The molecule has 1 aliphatic carbocycles. The summed E-state index contributed by atoms with van der Waals surface area (Å²) in [5.74, 6) is 0.843. The number of nitrogens with two attached hydrogens (primary N) is 1. The number of rotatable bonds is 2. The van der Waals surface area contributed by atoms with Crippen LogP contribution in [0, 0.1) is 5.92 Å². The molecule has 1 aromatic rings. The van der Waals surface area contributed by atoms with Gasteiger partial charge in [0.15, 0.2) is 0 Å². The van der Waals surface area contributed by atoms with E-state index >= 15 is 0 Å². The molecule has 16 heavy (non-hydrogen) atoms. The molecule has 2 rings (SSSR count). The van der Waals surface area contributed by atoms with Crippen LogP contribution in [0.2, 0.25) is 0 Å². The summed E-state index contributed by atoms with van der Waals surface area (Å²) in [5, 5.41) is 0. The van der Waals surface area contributed by atoms with Crippen LogP contribution in [-0.4, -0.2) is 18.1 Å². The van der Waals surface area contributed by atoms with E-state index in [-0.39, 0.29) is 0 Å². The molecule has 0 bridgehead atoms. The van der Waals surface area contributed by atoms with E-state index in [9.17, 15) is 0 Å². The second-order valence-corrected chi connectivity index (χ2v) is 5.01. The molecule has 1 heterocycles. The number of nitrogens with zero attached hydrogens (tertiary/aromatic N) is 2. The van der Waals surface area contributed by atoms with Crippen LogP contribution in [0.15, 0.2) is 18.5 Å². The quantitative estimate of drug-likeness (QED) is 0.831. The summed E-state index contributed by atoms with van der Waals surface area (Å²) in [4.78, 5) is 6.48. The van der Waals surface area contributed by atoms with Crippen LogP contribution >= 0.6 is 0 Å². The first-order valence-corrected chi connectivity index (χ1v) is 6.10. The SMILES string of the molecule is CC1CCCC(N(C)c2cncc(N)c2)C1. The molecule has 0 amide bonds. The largest absolute Gasteiger partial charge is 0.397 e. The van der Waals surface area contributed by atoms with Gasteiger partial charge < -0.3 is 10.6 Å². The van der Waals surface area contributed by atoms with Crippen molar-refractivity contribution in [2.24, 2.45) is 5.92 Å². The average Bonchev–Trinajstić information content (AvgIpc) is 2.28. The standard InChI is InChI=1S/C13H21N3/c1-10-4-3-5-12(6-10)16(2)13-7-11(14)8-15-9-13/h7-10,12H,3-6,14H2,1-2H3. The van der Waals surface area contributed by atoms with Crippen molar-refractivity contribution >= 4 is 11.4 Å². The van der Waals surface area contributed by atoms with Gasteiger partial charge in [0.05, 0.1) is 17.6 Å². The van der Waals surface area contributed by atoms with E-state index in [1.54, 1.807) is 6.20 Å². The van der Waals surface area contributed by atoms with Crippen LogP contribution < -0.4 is 10.6 Å². The number of hydrogen-bond acceptors (Lipinski definition) is 3. The van der Waals surface area contributed by atoms with Crippen LogP contribution in [0.4, 0.5) is 11.4 Å². The highest BCUT2D eigenvalue weighted by Crippen LogP contribution is 2.29. The Labute approximate surface area is 97.7 Å². The minimum atomic E-state index is 0.646. The molecular weight excluding hydrogens is 198 g/mol. The molecule has 88 valence electrons. The van der Waals surface area contributed by atoms with E-state index in [1.165, 1.54) is 25.7 Å². The van der Waals surface area contributed by atoms with Crippen molar-refractivity contribution in [1.29, 1.82) is 0 Å². The number of aromatic nitrogens is 1. The van der Waals surface area contributed by atoms with E-state index < -0.39 is 0 Å². The van der Waals surface area contributed by atoms with Crippen molar-refractivity contribution in [3.63, 3.8) is 0 Å². The molecule has 3 nitrogen and oxygen atoms in total. The van der Waals surface area contributed by atoms with E-state index in [1.807, 2.05) is 12.3 Å². The summed E-state index contributed by atoms with van der Waals surface area (Å²) in [6, 6.07) is 2.65. The summed E-state index contributed by atoms with van der Waals surface area (Å²) < 4.78 is 0. The summed E-state index contributed by atoms with van der Waals surface area (Å²) in [7, 11) is 2.15. The number of nitrogen functional groups attached to an aromatic ring is 1. The molecule has 0 radical (unpaired) electrons. The molecule has 0 spiro atoms. The molecule has 3 heteroatoms. The first-order valence-electron chi connectivity index (χ1n) is 6.10. The molecule has 2 atom stereocenters. The molecule has 0 saturated heterocycles. The van der Waals surface area contributed by atoms with E-state index in [0.717, 1.165) is 17.3 Å².